The van der Waals surface area contributed by atoms with Crippen molar-refractivity contribution in [3.05, 3.63) is 35.0 Å². The van der Waals surface area contributed by atoms with Gasteiger partial charge in [-0.1, -0.05) is 20.8 Å². The minimum Gasteiger partial charge on any atom is -0.335 e. The Hall–Kier alpha value is -1.75. The van der Waals surface area contributed by atoms with Gasteiger partial charge in [0.2, 0.25) is 5.91 Å². The van der Waals surface area contributed by atoms with Crippen molar-refractivity contribution >= 4 is 17.2 Å². The molecule has 0 radical (unpaired) electrons. The van der Waals surface area contributed by atoms with E-state index >= 15 is 0 Å². The molecule has 2 aromatic heterocycles. The lowest BCUT2D eigenvalue weighted by Gasteiger charge is -2.31. The van der Waals surface area contributed by atoms with Crippen LogP contribution in [0.3, 0.4) is 0 Å². The molecule has 0 aromatic carbocycles. The third kappa shape index (κ3) is 3.29. The third-order valence-electron chi connectivity index (χ3n) is 4.16. The number of amides is 1. The maximum absolute atomic E-state index is 12.7. The van der Waals surface area contributed by atoms with Crippen LogP contribution in [-0.4, -0.2) is 27.3 Å². The molecule has 4 nitrogen and oxygen atoms in total. The first-order valence-corrected chi connectivity index (χ1v) is 8.88. The number of likely N-dealkylation sites (tertiary alicyclic amines) is 1. The second-order valence-electron chi connectivity index (χ2n) is 7.16. The molecule has 0 aliphatic carbocycles. The van der Waals surface area contributed by atoms with Crippen LogP contribution in [0, 0.1) is 12.3 Å². The van der Waals surface area contributed by atoms with E-state index in [1.54, 1.807) is 11.3 Å². The van der Waals surface area contributed by atoms with E-state index in [9.17, 15) is 4.79 Å². The van der Waals surface area contributed by atoms with Crippen LogP contribution in [0.5, 0.6) is 0 Å². The number of hydrogen-bond acceptors (Lipinski definition) is 4. The van der Waals surface area contributed by atoms with E-state index in [0.29, 0.717) is 0 Å². The molecule has 1 fully saturated rings. The van der Waals surface area contributed by atoms with Crippen LogP contribution in [0.4, 0.5) is 0 Å². The van der Waals surface area contributed by atoms with Gasteiger partial charge in [0.25, 0.3) is 0 Å². The van der Waals surface area contributed by atoms with E-state index in [-0.39, 0.29) is 17.4 Å². The van der Waals surface area contributed by atoms with Crippen molar-refractivity contribution in [2.75, 3.05) is 6.54 Å². The summed E-state index contributed by atoms with van der Waals surface area (Å²) in [5, 5.41) is 0.941. The summed E-state index contributed by atoms with van der Waals surface area (Å²) in [6.07, 6.45) is 5.78. The predicted octanol–water partition coefficient (Wildman–Crippen LogP) is 4.22. The molecule has 0 saturated carbocycles. The second-order valence-corrected chi connectivity index (χ2v) is 8.39. The number of carbonyl (C=O) groups excluding carboxylic acids is 1. The minimum atomic E-state index is -0.342. The molecule has 1 aliphatic heterocycles. The van der Waals surface area contributed by atoms with Gasteiger partial charge in [-0.3, -0.25) is 9.78 Å². The molecule has 2 aromatic rings. The Bertz CT molecular complexity index is 717. The standard InChI is InChI=1S/C18H23N3OS/c1-12-11-20-16(23-12)14-10-13(7-8-19-14)15-6-5-9-21(15)17(22)18(2,3)4/h7-8,10-11,15H,5-6,9H2,1-4H3/t15-/m1/s1. The summed E-state index contributed by atoms with van der Waals surface area (Å²) >= 11 is 1.65. The zero-order valence-corrected chi connectivity index (χ0v) is 15.0. The van der Waals surface area contributed by atoms with Crippen LogP contribution < -0.4 is 0 Å². The Morgan fingerprint density at radius 1 is 1.35 bits per heavy atom. The van der Waals surface area contributed by atoms with Gasteiger partial charge in [-0.05, 0) is 37.5 Å². The fourth-order valence-electron chi connectivity index (χ4n) is 3.03. The summed E-state index contributed by atoms with van der Waals surface area (Å²) in [5.41, 5.74) is 1.72. The van der Waals surface area contributed by atoms with Gasteiger partial charge in [0, 0.05) is 29.2 Å². The van der Waals surface area contributed by atoms with Crippen molar-refractivity contribution in [3.8, 4) is 10.7 Å². The van der Waals surface area contributed by atoms with Gasteiger partial charge in [-0.15, -0.1) is 11.3 Å². The van der Waals surface area contributed by atoms with Crippen molar-refractivity contribution in [3.63, 3.8) is 0 Å². The number of aryl methyl sites for hydroxylation is 1. The topological polar surface area (TPSA) is 46.1 Å². The summed E-state index contributed by atoms with van der Waals surface area (Å²) in [6, 6.07) is 4.28. The smallest absolute Gasteiger partial charge is 0.228 e. The molecule has 3 rings (SSSR count). The summed E-state index contributed by atoms with van der Waals surface area (Å²) in [6.45, 7) is 8.85. The lowest BCUT2D eigenvalue weighted by molar-refractivity contribution is -0.140. The van der Waals surface area contributed by atoms with E-state index in [4.69, 9.17) is 0 Å². The number of thiazole rings is 1. The molecular weight excluding hydrogens is 306 g/mol. The Balaban J connectivity index is 1.90. The first-order valence-electron chi connectivity index (χ1n) is 8.06. The summed E-state index contributed by atoms with van der Waals surface area (Å²) < 4.78 is 0. The maximum atomic E-state index is 12.7. The van der Waals surface area contributed by atoms with Crippen molar-refractivity contribution < 1.29 is 4.79 Å². The Morgan fingerprint density at radius 3 is 2.78 bits per heavy atom. The SMILES string of the molecule is Cc1cnc(-c2cc([C@H]3CCCN3C(=O)C(C)(C)C)ccn2)s1. The van der Waals surface area contributed by atoms with Crippen LogP contribution in [0.1, 0.15) is 50.1 Å². The van der Waals surface area contributed by atoms with E-state index in [2.05, 4.69) is 16.0 Å². The van der Waals surface area contributed by atoms with Gasteiger partial charge in [-0.2, -0.15) is 0 Å². The lowest BCUT2D eigenvalue weighted by Crippen LogP contribution is -2.39. The largest absolute Gasteiger partial charge is 0.335 e. The Labute approximate surface area is 141 Å². The fourth-order valence-corrected chi connectivity index (χ4v) is 3.76. The lowest BCUT2D eigenvalue weighted by atomic mass is 9.93. The van der Waals surface area contributed by atoms with Crippen LogP contribution in [0.25, 0.3) is 10.7 Å². The first-order chi connectivity index (χ1) is 10.9. The maximum Gasteiger partial charge on any atom is 0.228 e. The number of nitrogens with zero attached hydrogens (tertiary/aromatic N) is 3. The Morgan fingerprint density at radius 2 is 2.13 bits per heavy atom. The first kappa shape index (κ1) is 16.1. The van der Waals surface area contributed by atoms with Gasteiger partial charge in [-0.25, -0.2) is 4.98 Å². The van der Waals surface area contributed by atoms with Crippen LogP contribution in [0.2, 0.25) is 0 Å². The molecule has 0 N–H and O–H groups in total. The van der Waals surface area contributed by atoms with Gasteiger partial charge < -0.3 is 4.90 Å². The molecule has 0 unspecified atom stereocenters. The molecule has 0 bridgehead atoms. The van der Waals surface area contributed by atoms with Gasteiger partial charge in [0.05, 0.1) is 11.7 Å². The number of pyridine rings is 1. The number of carbonyl (C=O) groups is 1. The molecule has 0 spiro atoms. The molecule has 5 heteroatoms. The molecule has 1 saturated heterocycles. The zero-order valence-electron chi connectivity index (χ0n) is 14.2. The van der Waals surface area contributed by atoms with Crippen molar-refractivity contribution in [2.24, 2.45) is 5.41 Å². The summed E-state index contributed by atoms with van der Waals surface area (Å²) in [5.74, 6) is 0.225. The Kier molecular flexibility index (Phi) is 4.23. The molecule has 1 amide bonds. The minimum absolute atomic E-state index is 0.157. The van der Waals surface area contributed by atoms with Crippen molar-refractivity contribution in [2.45, 2.75) is 46.6 Å². The fraction of sp³-hybridized carbons (Fsp3) is 0.500. The van der Waals surface area contributed by atoms with Crippen molar-refractivity contribution in [1.82, 2.24) is 14.9 Å². The number of hydrogen-bond donors (Lipinski definition) is 0. The highest BCUT2D eigenvalue weighted by atomic mass is 32.1. The van der Waals surface area contributed by atoms with Gasteiger partial charge in [0.1, 0.15) is 5.01 Å². The van der Waals surface area contributed by atoms with Crippen LogP contribution in [0.15, 0.2) is 24.5 Å². The average Bonchev–Trinajstić information content (AvgIpc) is 3.14. The molecule has 3 heterocycles. The summed E-state index contributed by atoms with van der Waals surface area (Å²) in [7, 11) is 0. The molecule has 23 heavy (non-hydrogen) atoms. The number of rotatable bonds is 2. The third-order valence-corrected chi connectivity index (χ3v) is 5.10. The van der Waals surface area contributed by atoms with E-state index in [1.807, 2.05) is 51.1 Å². The number of aromatic nitrogens is 2. The highest BCUT2D eigenvalue weighted by Crippen LogP contribution is 2.36. The monoisotopic (exact) mass is 329 g/mol. The highest BCUT2D eigenvalue weighted by molar-refractivity contribution is 7.14. The molecule has 1 aliphatic rings. The molecule has 1 atom stereocenters. The second kappa shape index (κ2) is 6.04. The van der Waals surface area contributed by atoms with E-state index in [0.717, 1.165) is 35.7 Å². The van der Waals surface area contributed by atoms with Crippen LogP contribution in [-0.2, 0) is 4.79 Å². The molecule has 122 valence electrons. The van der Waals surface area contributed by atoms with E-state index < -0.39 is 0 Å². The predicted molar refractivity (Wildman–Crippen MR) is 93.2 cm³/mol. The van der Waals surface area contributed by atoms with Crippen LogP contribution >= 0.6 is 11.3 Å². The van der Waals surface area contributed by atoms with Gasteiger partial charge in [0.15, 0.2) is 0 Å². The zero-order chi connectivity index (χ0) is 16.6. The van der Waals surface area contributed by atoms with E-state index in [1.165, 1.54) is 4.88 Å². The quantitative estimate of drug-likeness (QED) is 0.828. The normalized spacial score (nSPS) is 18.4. The summed E-state index contributed by atoms with van der Waals surface area (Å²) in [4.78, 5) is 24.8. The highest BCUT2D eigenvalue weighted by Gasteiger charge is 2.35. The molecular formula is C18H23N3OS. The average molecular weight is 329 g/mol. The van der Waals surface area contributed by atoms with Gasteiger partial charge >= 0.3 is 0 Å². The van der Waals surface area contributed by atoms with Crippen molar-refractivity contribution in [1.29, 1.82) is 0 Å².